The van der Waals surface area contributed by atoms with Crippen LogP contribution in [0.5, 0.6) is 0 Å². The molecule has 2 rings (SSSR count). The topological polar surface area (TPSA) is 56.4 Å². The van der Waals surface area contributed by atoms with E-state index in [1.165, 1.54) is 6.42 Å². The van der Waals surface area contributed by atoms with E-state index in [1.807, 2.05) is 37.3 Å². The van der Waals surface area contributed by atoms with Gasteiger partial charge in [-0.3, -0.25) is 5.41 Å². The number of nitrogens with one attached hydrogen (secondary N) is 1. The minimum absolute atomic E-state index is 0.116. The maximum absolute atomic E-state index is 11.3. The molecule has 0 radical (unpaired) electrons. The van der Waals surface area contributed by atoms with Crippen LogP contribution in [0, 0.1) is 11.3 Å². The summed E-state index contributed by atoms with van der Waals surface area (Å²) < 4.78 is 4.07. The highest BCUT2D eigenvalue weighted by Gasteiger charge is 2.43. The summed E-state index contributed by atoms with van der Waals surface area (Å²) >= 11 is 1.07. The molecule has 1 unspecified atom stereocenters. The molecule has 1 atom stereocenters. The zero-order chi connectivity index (χ0) is 14.4. The molecule has 1 aliphatic rings. The number of hydrogen-bond acceptors (Lipinski definition) is 4. The molecule has 1 aliphatic carbocycles. The molecule has 1 fully saturated rings. The van der Waals surface area contributed by atoms with Crippen molar-refractivity contribution in [3.05, 3.63) is 35.9 Å². The number of nitrogens with zero attached hydrogens (tertiary/aromatic N) is 1. The Morgan fingerprint density at radius 1 is 1.30 bits per heavy atom. The fraction of sp³-hybridized carbons (Fsp3) is 0.500. The summed E-state index contributed by atoms with van der Waals surface area (Å²) in [7, 11) is 0. The molecule has 0 amide bonds. The molecule has 108 valence electrons. The number of hydrogen-bond donors (Lipinski definition) is 2. The van der Waals surface area contributed by atoms with Gasteiger partial charge in [-0.1, -0.05) is 49.6 Å². The van der Waals surface area contributed by atoms with Gasteiger partial charge in [-0.15, -0.1) is 0 Å². The summed E-state index contributed by atoms with van der Waals surface area (Å²) in [6.07, 6.45) is 7.11. The third-order valence-electron chi connectivity index (χ3n) is 4.01. The second kappa shape index (κ2) is 7.04. The Bertz CT molecular complexity index is 469. The zero-order valence-corrected chi connectivity index (χ0v) is 12.7. The van der Waals surface area contributed by atoms with Crippen LogP contribution in [0.3, 0.4) is 0 Å². The molecule has 2 N–H and O–H groups in total. The SMILES string of the molecule is C/C=N/SC(=N)C(O)(c1ccccc1)C1CCCCC1. The van der Waals surface area contributed by atoms with Gasteiger partial charge in [0.15, 0.2) is 0 Å². The highest BCUT2D eigenvalue weighted by molar-refractivity contribution is 8.12. The van der Waals surface area contributed by atoms with Gasteiger partial charge in [0.25, 0.3) is 0 Å². The normalized spacial score (nSPS) is 19.9. The highest BCUT2D eigenvalue weighted by atomic mass is 32.2. The first-order valence-corrected chi connectivity index (χ1v) is 7.99. The molecular formula is C16H22N2OS. The van der Waals surface area contributed by atoms with Gasteiger partial charge in [-0.05, 0) is 31.2 Å². The van der Waals surface area contributed by atoms with Crippen LogP contribution in [-0.4, -0.2) is 16.4 Å². The van der Waals surface area contributed by atoms with Crippen molar-refractivity contribution in [3.8, 4) is 0 Å². The molecule has 0 aromatic heterocycles. The van der Waals surface area contributed by atoms with E-state index in [9.17, 15) is 5.11 Å². The van der Waals surface area contributed by atoms with Crippen molar-refractivity contribution in [1.29, 1.82) is 5.41 Å². The van der Waals surface area contributed by atoms with E-state index >= 15 is 0 Å². The molecule has 0 bridgehead atoms. The minimum Gasteiger partial charge on any atom is -0.378 e. The quantitative estimate of drug-likeness (QED) is 0.497. The average Bonchev–Trinajstić information content (AvgIpc) is 2.53. The molecule has 0 spiro atoms. The molecule has 3 nitrogen and oxygen atoms in total. The van der Waals surface area contributed by atoms with E-state index in [0.29, 0.717) is 0 Å². The monoisotopic (exact) mass is 290 g/mol. The third-order valence-corrected chi connectivity index (χ3v) is 4.82. The van der Waals surface area contributed by atoms with Crippen molar-refractivity contribution >= 4 is 23.2 Å². The highest BCUT2D eigenvalue weighted by Crippen LogP contribution is 2.42. The molecule has 0 aliphatic heterocycles. The lowest BCUT2D eigenvalue weighted by atomic mass is 9.74. The van der Waals surface area contributed by atoms with Gasteiger partial charge in [-0.25, -0.2) is 4.40 Å². The van der Waals surface area contributed by atoms with Crippen molar-refractivity contribution in [1.82, 2.24) is 0 Å². The molecule has 4 heteroatoms. The predicted molar refractivity (Wildman–Crippen MR) is 86.4 cm³/mol. The summed E-state index contributed by atoms with van der Waals surface area (Å²) in [5.41, 5.74) is -0.380. The Kier molecular flexibility index (Phi) is 5.38. The number of benzene rings is 1. The lowest BCUT2D eigenvalue weighted by molar-refractivity contribution is 0.0281. The second-order valence-electron chi connectivity index (χ2n) is 5.25. The third kappa shape index (κ3) is 3.13. The minimum atomic E-state index is -1.20. The van der Waals surface area contributed by atoms with Crippen molar-refractivity contribution in [2.24, 2.45) is 10.3 Å². The molecule has 1 aromatic carbocycles. The van der Waals surface area contributed by atoms with Gasteiger partial charge in [0.1, 0.15) is 10.6 Å². The van der Waals surface area contributed by atoms with Crippen LogP contribution in [-0.2, 0) is 5.60 Å². The van der Waals surface area contributed by atoms with Crippen LogP contribution in [0.1, 0.15) is 44.6 Å². The van der Waals surface area contributed by atoms with E-state index in [-0.39, 0.29) is 11.0 Å². The summed E-state index contributed by atoms with van der Waals surface area (Å²) in [5.74, 6) is 0.116. The Morgan fingerprint density at radius 3 is 2.55 bits per heavy atom. The predicted octanol–water partition coefficient (Wildman–Crippen LogP) is 4.17. The first kappa shape index (κ1) is 15.3. The van der Waals surface area contributed by atoms with Gasteiger partial charge in [-0.2, -0.15) is 0 Å². The fourth-order valence-electron chi connectivity index (χ4n) is 2.94. The maximum Gasteiger partial charge on any atom is 0.141 e. The maximum atomic E-state index is 11.3. The summed E-state index contributed by atoms with van der Waals surface area (Å²) in [4.78, 5) is 0. The molecule has 1 aromatic rings. The molecular weight excluding hydrogens is 268 g/mol. The van der Waals surface area contributed by atoms with E-state index in [4.69, 9.17) is 5.41 Å². The van der Waals surface area contributed by atoms with Crippen LogP contribution in [0.2, 0.25) is 0 Å². The van der Waals surface area contributed by atoms with E-state index in [1.54, 1.807) is 6.21 Å². The molecule has 20 heavy (non-hydrogen) atoms. The van der Waals surface area contributed by atoms with Crippen LogP contribution in [0.4, 0.5) is 0 Å². The first-order valence-electron chi connectivity index (χ1n) is 7.21. The standard InChI is InChI=1S/C16H22N2OS/c1-2-18-20-15(17)16(19,13-9-5-3-6-10-13)14-11-7-4-8-12-14/h2-3,5-6,9-10,14,17,19H,4,7-8,11-12H2,1H3/b17-15?,18-2+. The van der Waals surface area contributed by atoms with Crippen molar-refractivity contribution in [3.63, 3.8) is 0 Å². The number of aliphatic hydroxyl groups is 1. The lowest BCUT2D eigenvalue weighted by Gasteiger charge is -2.38. The van der Waals surface area contributed by atoms with Gasteiger partial charge < -0.3 is 5.11 Å². The second-order valence-corrected chi connectivity index (χ2v) is 6.05. The van der Waals surface area contributed by atoms with Crippen LogP contribution in [0.25, 0.3) is 0 Å². The van der Waals surface area contributed by atoms with E-state index in [2.05, 4.69) is 4.40 Å². The summed E-state index contributed by atoms with van der Waals surface area (Å²) in [6, 6.07) is 9.61. The summed E-state index contributed by atoms with van der Waals surface area (Å²) in [6.45, 7) is 1.82. The van der Waals surface area contributed by atoms with Gasteiger partial charge in [0.05, 0.1) is 0 Å². The van der Waals surface area contributed by atoms with Crippen LogP contribution < -0.4 is 0 Å². The van der Waals surface area contributed by atoms with Crippen molar-refractivity contribution in [2.45, 2.75) is 44.6 Å². The Balaban J connectivity index is 2.34. The smallest absolute Gasteiger partial charge is 0.141 e. The molecule has 1 saturated carbocycles. The number of rotatable bonds is 4. The average molecular weight is 290 g/mol. The summed E-state index contributed by atoms with van der Waals surface area (Å²) in [5, 5.41) is 19.8. The van der Waals surface area contributed by atoms with Crippen LogP contribution in [0.15, 0.2) is 34.7 Å². The van der Waals surface area contributed by atoms with E-state index < -0.39 is 5.60 Å². The Morgan fingerprint density at radius 2 is 1.95 bits per heavy atom. The molecule has 0 saturated heterocycles. The van der Waals surface area contributed by atoms with Crippen molar-refractivity contribution < 1.29 is 5.11 Å². The Hall–Kier alpha value is -1.13. The molecule has 0 heterocycles. The zero-order valence-electron chi connectivity index (χ0n) is 11.9. The first-order chi connectivity index (χ1) is 9.69. The van der Waals surface area contributed by atoms with Gasteiger partial charge >= 0.3 is 0 Å². The van der Waals surface area contributed by atoms with E-state index in [0.717, 1.165) is 43.2 Å². The van der Waals surface area contributed by atoms with Crippen molar-refractivity contribution in [2.75, 3.05) is 0 Å². The Labute approximate surface area is 125 Å². The fourth-order valence-corrected chi connectivity index (χ4v) is 3.57. The van der Waals surface area contributed by atoms with Crippen LogP contribution >= 0.6 is 11.9 Å². The largest absolute Gasteiger partial charge is 0.378 e. The lowest BCUT2D eigenvalue weighted by Crippen LogP contribution is -2.42. The van der Waals surface area contributed by atoms with Gasteiger partial charge in [0.2, 0.25) is 0 Å². The van der Waals surface area contributed by atoms with Gasteiger partial charge in [0, 0.05) is 18.2 Å².